The van der Waals surface area contributed by atoms with Gasteiger partial charge in [-0.25, -0.2) is 18.1 Å². The van der Waals surface area contributed by atoms with Crippen molar-refractivity contribution in [3.05, 3.63) is 54.4 Å². The van der Waals surface area contributed by atoms with E-state index < -0.39 is 21.8 Å². The second kappa shape index (κ2) is 7.27. The van der Waals surface area contributed by atoms with E-state index in [-0.39, 0.29) is 16.4 Å². The average Bonchev–Trinajstić information content (AvgIpc) is 3.08. The van der Waals surface area contributed by atoms with Gasteiger partial charge in [0.2, 0.25) is 0 Å². The van der Waals surface area contributed by atoms with Crippen molar-refractivity contribution < 1.29 is 26.3 Å². The molecule has 0 saturated heterocycles. The Morgan fingerprint density at radius 1 is 1.04 bits per heavy atom. The number of nitrogens with zero attached hydrogens (tertiary/aromatic N) is 3. The van der Waals surface area contributed by atoms with Gasteiger partial charge < -0.3 is 4.74 Å². The number of benzene rings is 2. The van der Waals surface area contributed by atoms with Gasteiger partial charge in [-0.3, -0.25) is 0 Å². The van der Waals surface area contributed by atoms with Crippen molar-refractivity contribution in [1.82, 2.24) is 14.8 Å². The molecule has 2 aromatic carbocycles. The van der Waals surface area contributed by atoms with Crippen LogP contribution in [0.1, 0.15) is 12.7 Å². The fourth-order valence-electron chi connectivity index (χ4n) is 2.50. The van der Waals surface area contributed by atoms with Crippen molar-refractivity contribution in [1.29, 1.82) is 0 Å². The zero-order valence-electron chi connectivity index (χ0n) is 14.9. The van der Waals surface area contributed by atoms with Gasteiger partial charge >= 0.3 is 6.18 Å². The Kier molecular flexibility index (Phi) is 5.16. The summed E-state index contributed by atoms with van der Waals surface area (Å²) in [6.45, 7) is 2.28. The maximum Gasteiger partial charge on any atom is 0.453 e. The highest BCUT2D eigenvalue weighted by atomic mass is 32.2. The van der Waals surface area contributed by atoms with E-state index in [2.05, 4.69) is 10.1 Å². The van der Waals surface area contributed by atoms with Crippen molar-refractivity contribution >= 4 is 9.84 Å². The van der Waals surface area contributed by atoms with Gasteiger partial charge in [0.1, 0.15) is 5.75 Å². The molecular weight excluding hydrogens is 395 g/mol. The summed E-state index contributed by atoms with van der Waals surface area (Å²) in [5.41, 5.74) is 0.651. The third kappa shape index (κ3) is 4.16. The predicted octanol–water partition coefficient (Wildman–Crippen LogP) is 3.76. The highest BCUT2D eigenvalue weighted by Crippen LogP contribution is 2.31. The molecule has 0 N–H and O–H groups in total. The molecule has 0 aliphatic rings. The Morgan fingerprint density at radius 3 is 2.14 bits per heavy atom. The molecule has 0 aliphatic heterocycles. The Labute approximate surface area is 159 Å². The molecular formula is C18H16F3N3O3S. The molecule has 1 aromatic heterocycles. The minimum absolute atomic E-state index is 0.0255. The molecule has 1 heterocycles. The first kappa shape index (κ1) is 19.9. The van der Waals surface area contributed by atoms with E-state index in [0.29, 0.717) is 17.9 Å². The predicted molar refractivity (Wildman–Crippen MR) is 96.1 cm³/mol. The lowest BCUT2D eigenvalue weighted by atomic mass is 10.2. The number of hydrogen-bond donors (Lipinski definition) is 0. The first-order chi connectivity index (χ1) is 13.1. The van der Waals surface area contributed by atoms with Crippen LogP contribution in [0, 0.1) is 0 Å². The normalized spacial score (nSPS) is 12.2. The Bertz CT molecular complexity index is 1070. The standard InChI is InChI=1S/C18H16F3N3O3S/c1-3-27-14-8-4-12(5-9-14)16-22-17(18(19,20)21)23-24(16)13-6-10-15(11-7-13)28(2,25)26/h4-11H,3H2,1-2H3. The van der Waals surface area contributed by atoms with Gasteiger partial charge in [0.15, 0.2) is 15.7 Å². The molecule has 148 valence electrons. The number of sulfone groups is 1. The minimum atomic E-state index is -4.72. The number of aromatic nitrogens is 3. The third-order valence-corrected chi connectivity index (χ3v) is 4.92. The summed E-state index contributed by atoms with van der Waals surface area (Å²) in [4.78, 5) is 3.69. The Balaban J connectivity index is 2.10. The lowest BCUT2D eigenvalue weighted by molar-refractivity contribution is -0.144. The number of alkyl halides is 3. The van der Waals surface area contributed by atoms with Gasteiger partial charge in [-0.15, -0.1) is 5.10 Å². The van der Waals surface area contributed by atoms with Gasteiger partial charge in [0.25, 0.3) is 5.82 Å². The summed E-state index contributed by atoms with van der Waals surface area (Å²) >= 11 is 0. The maximum absolute atomic E-state index is 13.2. The summed E-state index contributed by atoms with van der Waals surface area (Å²) < 4.78 is 69.0. The van der Waals surface area contributed by atoms with Crippen LogP contribution in [0.4, 0.5) is 13.2 Å². The van der Waals surface area contributed by atoms with Crippen LogP contribution in [0.2, 0.25) is 0 Å². The second-order valence-electron chi connectivity index (χ2n) is 5.89. The minimum Gasteiger partial charge on any atom is -0.494 e. The highest BCUT2D eigenvalue weighted by molar-refractivity contribution is 7.90. The molecule has 0 saturated carbocycles. The highest BCUT2D eigenvalue weighted by Gasteiger charge is 2.37. The van der Waals surface area contributed by atoms with Crippen LogP contribution in [0.5, 0.6) is 5.75 Å². The summed E-state index contributed by atoms with van der Waals surface area (Å²) in [6.07, 6.45) is -3.68. The van der Waals surface area contributed by atoms with Crippen LogP contribution >= 0.6 is 0 Å². The Morgan fingerprint density at radius 2 is 1.64 bits per heavy atom. The topological polar surface area (TPSA) is 74.1 Å². The van der Waals surface area contributed by atoms with Gasteiger partial charge in [-0.05, 0) is 55.5 Å². The molecule has 28 heavy (non-hydrogen) atoms. The van der Waals surface area contributed by atoms with E-state index in [9.17, 15) is 21.6 Å². The van der Waals surface area contributed by atoms with Crippen molar-refractivity contribution in [2.24, 2.45) is 0 Å². The van der Waals surface area contributed by atoms with Crippen LogP contribution in [-0.2, 0) is 16.0 Å². The summed E-state index contributed by atoms with van der Waals surface area (Å²) in [5.74, 6) is -0.739. The average molecular weight is 411 g/mol. The third-order valence-electron chi connectivity index (χ3n) is 3.79. The first-order valence-electron chi connectivity index (χ1n) is 8.17. The molecule has 10 heteroatoms. The van der Waals surface area contributed by atoms with E-state index in [0.717, 1.165) is 10.9 Å². The largest absolute Gasteiger partial charge is 0.494 e. The molecule has 0 fully saturated rings. The number of rotatable bonds is 5. The molecule has 6 nitrogen and oxygen atoms in total. The van der Waals surface area contributed by atoms with Crippen molar-refractivity contribution in [2.75, 3.05) is 12.9 Å². The quantitative estimate of drug-likeness (QED) is 0.639. The van der Waals surface area contributed by atoms with E-state index in [4.69, 9.17) is 4.74 Å². The van der Waals surface area contributed by atoms with Gasteiger partial charge in [0, 0.05) is 11.8 Å². The fraction of sp³-hybridized carbons (Fsp3) is 0.222. The van der Waals surface area contributed by atoms with Crippen LogP contribution in [0.3, 0.4) is 0 Å². The Hall–Kier alpha value is -2.88. The molecule has 0 radical (unpaired) electrons. The van der Waals surface area contributed by atoms with E-state index >= 15 is 0 Å². The molecule has 3 aromatic rings. The van der Waals surface area contributed by atoms with Crippen LogP contribution in [-0.4, -0.2) is 36.0 Å². The molecule has 0 spiro atoms. The van der Waals surface area contributed by atoms with Gasteiger partial charge in [-0.1, -0.05) is 0 Å². The van der Waals surface area contributed by atoms with Crippen LogP contribution < -0.4 is 4.74 Å². The van der Waals surface area contributed by atoms with Gasteiger partial charge in [-0.2, -0.15) is 13.2 Å². The molecule has 0 atom stereocenters. The second-order valence-corrected chi connectivity index (χ2v) is 7.91. The lowest BCUT2D eigenvalue weighted by Gasteiger charge is -2.08. The lowest BCUT2D eigenvalue weighted by Crippen LogP contribution is -2.08. The first-order valence-corrected chi connectivity index (χ1v) is 10.1. The number of halogens is 3. The summed E-state index contributed by atoms with van der Waals surface area (Å²) in [7, 11) is -3.43. The van der Waals surface area contributed by atoms with Crippen molar-refractivity contribution in [3.63, 3.8) is 0 Å². The molecule has 0 unspecified atom stereocenters. The van der Waals surface area contributed by atoms with E-state index in [1.807, 2.05) is 6.92 Å². The van der Waals surface area contributed by atoms with Crippen molar-refractivity contribution in [3.8, 4) is 22.8 Å². The molecule has 0 aliphatic carbocycles. The van der Waals surface area contributed by atoms with Gasteiger partial charge in [0.05, 0.1) is 17.2 Å². The smallest absolute Gasteiger partial charge is 0.453 e. The number of ether oxygens (including phenoxy) is 1. The van der Waals surface area contributed by atoms with Crippen molar-refractivity contribution in [2.45, 2.75) is 18.0 Å². The SMILES string of the molecule is CCOc1ccc(-c2nc(C(F)(F)F)nn2-c2ccc(S(C)(=O)=O)cc2)cc1. The molecule has 0 amide bonds. The van der Waals surface area contributed by atoms with Crippen LogP contribution in [0.25, 0.3) is 17.1 Å². The zero-order chi connectivity index (χ0) is 20.5. The summed E-state index contributed by atoms with van der Waals surface area (Å²) in [5, 5.41) is 3.58. The maximum atomic E-state index is 13.2. The molecule has 0 bridgehead atoms. The zero-order valence-corrected chi connectivity index (χ0v) is 15.8. The number of hydrogen-bond acceptors (Lipinski definition) is 5. The monoisotopic (exact) mass is 411 g/mol. The summed E-state index contributed by atoms with van der Waals surface area (Å²) in [6, 6.07) is 11.8. The fourth-order valence-corrected chi connectivity index (χ4v) is 3.13. The molecule has 3 rings (SSSR count). The van der Waals surface area contributed by atoms with E-state index in [1.165, 1.54) is 24.3 Å². The van der Waals surface area contributed by atoms with E-state index in [1.54, 1.807) is 24.3 Å². The van der Waals surface area contributed by atoms with Crippen LogP contribution in [0.15, 0.2) is 53.4 Å².